The van der Waals surface area contributed by atoms with Gasteiger partial charge in [-0.25, -0.2) is 0 Å². The van der Waals surface area contributed by atoms with Crippen LogP contribution in [0, 0.1) is 0 Å². The molecule has 0 radical (unpaired) electrons. The number of hydrogen-bond acceptors (Lipinski definition) is 5. The van der Waals surface area contributed by atoms with Crippen molar-refractivity contribution in [1.82, 2.24) is 0 Å². The minimum atomic E-state index is -0.687. The van der Waals surface area contributed by atoms with Gasteiger partial charge in [0.05, 0.1) is 5.56 Å². The highest BCUT2D eigenvalue weighted by molar-refractivity contribution is 5.99. The highest BCUT2D eigenvalue weighted by atomic mass is 16.3. The number of ketones is 1. The second kappa shape index (κ2) is 3.97. The topological polar surface area (TPSA) is 104 Å². The van der Waals surface area contributed by atoms with Gasteiger partial charge in [-0.05, 0) is 18.7 Å². The molecule has 0 aliphatic carbocycles. The zero-order chi connectivity index (χ0) is 10.7. The molecule has 0 aromatic heterocycles. The molecule has 0 saturated carbocycles. The third kappa shape index (κ3) is 1.77. The first-order valence-corrected chi connectivity index (χ1v) is 4.05. The van der Waals surface area contributed by atoms with E-state index < -0.39 is 17.2 Å². The van der Waals surface area contributed by atoms with E-state index >= 15 is 0 Å². The zero-order valence-corrected chi connectivity index (χ0v) is 7.40. The number of benzene rings is 1. The second-order valence-electron chi connectivity index (χ2n) is 2.79. The molecule has 0 spiro atoms. The van der Waals surface area contributed by atoms with E-state index in [0.717, 1.165) is 6.07 Å². The fraction of sp³-hybridized carbons (Fsp3) is 0.222. The molecular weight excluding hydrogens is 186 g/mol. The van der Waals surface area contributed by atoms with Gasteiger partial charge in [0.2, 0.25) is 5.75 Å². The summed E-state index contributed by atoms with van der Waals surface area (Å²) in [6, 6.07) is 2.38. The predicted octanol–water partition coefficient (Wildman–Crippen LogP) is 0.335. The van der Waals surface area contributed by atoms with E-state index in [1.807, 2.05) is 0 Å². The third-order valence-electron chi connectivity index (χ3n) is 1.80. The fourth-order valence-corrected chi connectivity index (χ4v) is 1.06. The van der Waals surface area contributed by atoms with Crippen molar-refractivity contribution in [3.63, 3.8) is 0 Å². The van der Waals surface area contributed by atoms with Gasteiger partial charge in [-0.1, -0.05) is 0 Å². The number of Topliss-reactive ketones (excluding diaryl/α,β-unsaturated/α-hetero) is 1. The molecule has 1 aromatic rings. The summed E-state index contributed by atoms with van der Waals surface area (Å²) in [5, 5.41) is 27.4. The molecule has 0 unspecified atom stereocenters. The Morgan fingerprint density at radius 3 is 2.43 bits per heavy atom. The first kappa shape index (κ1) is 10.3. The SMILES string of the molecule is NCCC(=O)c1ccc(O)c(O)c1O. The standard InChI is InChI=1S/C9H11NO4/c10-4-3-6(11)5-1-2-7(12)9(14)8(5)13/h1-2,12-14H,3-4,10H2. The van der Waals surface area contributed by atoms with Crippen LogP contribution in [0.2, 0.25) is 0 Å². The van der Waals surface area contributed by atoms with Crippen molar-refractivity contribution in [2.75, 3.05) is 6.54 Å². The molecule has 0 saturated heterocycles. The Hall–Kier alpha value is -1.75. The van der Waals surface area contributed by atoms with Gasteiger partial charge >= 0.3 is 0 Å². The van der Waals surface area contributed by atoms with Crippen molar-refractivity contribution in [2.45, 2.75) is 6.42 Å². The van der Waals surface area contributed by atoms with E-state index in [2.05, 4.69) is 0 Å². The Morgan fingerprint density at radius 2 is 1.86 bits per heavy atom. The van der Waals surface area contributed by atoms with Crippen LogP contribution in [0.15, 0.2) is 12.1 Å². The molecule has 76 valence electrons. The number of carbonyl (C=O) groups excluding carboxylic acids is 1. The lowest BCUT2D eigenvalue weighted by atomic mass is 10.1. The van der Waals surface area contributed by atoms with Crippen molar-refractivity contribution >= 4 is 5.78 Å². The molecule has 0 fully saturated rings. The number of aromatic hydroxyl groups is 3. The quantitative estimate of drug-likeness (QED) is 0.413. The van der Waals surface area contributed by atoms with Crippen LogP contribution in [0.5, 0.6) is 17.2 Å². The summed E-state index contributed by atoms with van der Waals surface area (Å²) in [5.41, 5.74) is 5.13. The maximum absolute atomic E-state index is 11.3. The average Bonchev–Trinajstić information content (AvgIpc) is 2.15. The van der Waals surface area contributed by atoms with Gasteiger partial charge in [0.1, 0.15) is 0 Å². The summed E-state index contributed by atoms with van der Waals surface area (Å²) in [4.78, 5) is 11.3. The van der Waals surface area contributed by atoms with Crippen LogP contribution in [-0.4, -0.2) is 27.6 Å². The summed E-state index contributed by atoms with van der Waals surface area (Å²) >= 11 is 0. The molecule has 5 N–H and O–H groups in total. The van der Waals surface area contributed by atoms with Crippen molar-refractivity contribution in [1.29, 1.82) is 0 Å². The van der Waals surface area contributed by atoms with Gasteiger partial charge in [0.15, 0.2) is 17.3 Å². The highest BCUT2D eigenvalue weighted by Crippen LogP contribution is 2.37. The minimum absolute atomic E-state index is 0.0363. The predicted molar refractivity (Wildman–Crippen MR) is 49.4 cm³/mol. The summed E-state index contributed by atoms with van der Waals surface area (Å²) in [6.07, 6.45) is 0.0811. The van der Waals surface area contributed by atoms with Crippen LogP contribution in [0.4, 0.5) is 0 Å². The van der Waals surface area contributed by atoms with Crippen LogP contribution >= 0.6 is 0 Å². The van der Waals surface area contributed by atoms with Crippen LogP contribution in [0.1, 0.15) is 16.8 Å². The van der Waals surface area contributed by atoms with E-state index in [-0.39, 0.29) is 24.3 Å². The monoisotopic (exact) mass is 197 g/mol. The Balaban J connectivity index is 3.11. The normalized spacial score (nSPS) is 10.1. The van der Waals surface area contributed by atoms with E-state index in [0.29, 0.717) is 0 Å². The fourth-order valence-electron chi connectivity index (χ4n) is 1.06. The highest BCUT2D eigenvalue weighted by Gasteiger charge is 2.15. The van der Waals surface area contributed by atoms with E-state index in [1.54, 1.807) is 0 Å². The summed E-state index contributed by atoms with van der Waals surface area (Å²) in [7, 11) is 0. The first-order valence-electron chi connectivity index (χ1n) is 4.05. The van der Waals surface area contributed by atoms with Crippen LogP contribution in [0.3, 0.4) is 0 Å². The van der Waals surface area contributed by atoms with Crippen molar-refractivity contribution in [3.05, 3.63) is 17.7 Å². The second-order valence-corrected chi connectivity index (χ2v) is 2.79. The van der Waals surface area contributed by atoms with Gasteiger partial charge in [-0.3, -0.25) is 4.79 Å². The molecular formula is C9H11NO4. The molecule has 5 heteroatoms. The summed E-state index contributed by atoms with van der Waals surface area (Å²) < 4.78 is 0. The summed E-state index contributed by atoms with van der Waals surface area (Å²) in [5.74, 6) is -2.14. The number of hydrogen-bond donors (Lipinski definition) is 4. The van der Waals surface area contributed by atoms with E-state index in [1.165, 1.54) is 6.07 Å². The Morgan fingerprint density at radius 1 is 1.21 bits per heavy atom. The lowest BCUT2D eigenvalue weighted by Crippen LogP contribution is -2.08. The van der Waals surface area contributed by atoms with E-state index in [4.69, 9.17) is 15.9 Å². The molecule has 0 bridgehead atoms. The van der Waals surface area contributed by atoms with Crippen LogP contribution in [0.25, 0.3) is 0 Å². The van der Waals surface area contributed by atoms with Crippen molar-refractivity contribution < 1.29 is 20.1 Å². The molecule has 0 aliphatic rings. The van der Waals surface area contributed by atoms with Crippen LogP contribution < -0.4 is 5.73 Å². The van der Waals surface area contributed by atoms with Gasteiger partial charge in [-0.2, -0.15) is 0 Å². The lowest BCUT2D eigenvalue weighted by Gasteiger charge is -2.05. The molecule has 5 nitrogen and oxygen atoms in total. The van der Waals surface area contributed by atoms with Crippen molar-refractivity contribution in [3.8, 4) is 17.2 Å². The van der Waals surface area contributed by atoms with Crippen molar-refractivity contribution in [2.24, 2.45) is 5.73 Å². The molecule has 14 heavy (non-hydrogen) atoms. The summed E-state index contributed by atoms with van der Waals surface area (Å²) in [6.45, 7) is 0.167. The van der Waals surface area contributed by atoms with Gasteiger partial charge in [0.25, 0.3) is 0 Å². The molecule has 0 aliphatic heterocycles. The Kier molecular flexibility index (Phi) is 2.93. The zero-order valence-electron chi connectivity index (χ0n) is 7.40. The molecule has 0 amide bonds. The molecule has 0 atom stereocenters. The minimum Gasteiger partial charge on any atom is -0.504 e. The number of carbonyl (C=O) groups is 1. The number of phenols is 3. The smallest absolute Gasteiger partial charge is 0.201 e. The van der Waals surface area contributed by atoms with E-state index in [9.17, 15) is 9.90 Å². The van der Waals surface area contributed by atoms with Crippen LogP contribution in [-0.2, 0) is 0 Å². The number of rotatable bonds is 3. The van der Waals surface area contributed by atoms with Gasteiger partial charge in [0, 0.05) is 6.42 Å². The average molecular weight is 197 g/mol. The number of phenolic OH excluding ortho intramolecular Hbond substituents is 3. The third-order valence-corrected chi connectivity index (χ3v) is 1.80. The first-order chi connectivity index (χ1) is 6.57. The maximum Gasteiger partial charge on any atom is 0.201 e. The molecule has 1 aromatic carbocycles. The van der Waals surface area contributed by atoms with Gasteiger partial charge < -0.3 is 21.1 Å². The number of nitrogens with two attached hydrogens (primary N) is 1. The lowest BCUT2D eigenvalue weighted by molar-refractivity contribution is 0.0982. The Labute approximate surface area is 80.4 Å². The maximum atomic E-state index is 11.3. The van der Waals surface area contributed by atoms with Gasteiger partial charge in [-0.15, -0.1) is 0 Å². The largest absolute Gasteiger partial charge is 0.504 e. The Bertz CT molecular complexity index is 362. The molecule has 1 rings (SSSR count). The molecule has 0 heterocycles.